The number of ketones is 1. The van der Waals surface area contributed by atoms with Crippen LogP contribution in [-0.4, -0.2) is 55.1 Å². The molecule has 0 bridgehead atoms. The molecule has 1 aromatic rings. The Morgan fingerprint density at radius 3 is 2.69 bits per heavy atom. The van der Waals surface area contributed by atoms with Gasteiger partial charge in [0.25, 0.3) is 0 Å². The van der Waals surface area contributed by atoms with Gasteiger partial charge in [-0.2, -0.15) is 0 Å². The summed E-state index contributed by atoms with van der Waals surface area (Å²) in [4.78, 5) is 26.0. The van der Waals surface area contributed by atoms with Crippen LogP contribution in [0.1, 0.15) is 31.7 Å². The second-order valence-electron chi connectivity index (χ2n) is 6.35. The SMILES string of the molecule is CCOC(=O)C1CCN(CCC(=O)/C=C/c2ccc(O)c(OC)c2)CC1. The lowest BCUT2D eigenvalue weighted by molar-refractivity contribution is -0.149. The van der Waals surface area contributed by atoms with E-state index < -0.39 is 0 Å². The Kier molecular flexibility index (Phi) is 7.66. The molecule has 1 saturated heterocycles. The summed E-state index contributed by atoms with van der Waals surface area (Å²) >= 11 is 0. The summed E-state index contributed by atoms with van der Waals surface area (Å²) in [6.07, 6.45) is 5.29. The van der Waals surface area contributed by atoms with E-state index in [1.54, 1.807) is 24.3 Å². The fourth-order valence-corrected chi connectivity index (χ4v) is 2.99. The van der Waals surface area contributed by atoms with Crippen molar-refractivity contribution in [2.45, 2.75) is 26.2 Å². The van der Waals surface area contributed by atoms with Crippen LogP contribution in [-0.2, 0) is 14.3 Å². The highest BCUT2D eigenvalue weighted by atomic mass is 16.5. The average molecular weight is 361 g/mol. The molecule has 1 aromatic carbocycles. The number of allylic oxidation sites excluding steroid dienone is 1. The molecular weight excluding hydrogens is 334 g/mol. The maximum atomic E-state index is 12.1. The summed E-state index contributed by atoms with van der Waals surface area (Å²) in [5, 5.41) is 9.57. The van der Waals surface area contributed by atoms with Crippen LogP contribution >= 0.6 is 0 Å². The second-order valence-corrected chi connectivity index (χ2v) is 6.35. The van der Waals surface area contributed by atoms with Crippen molar-refractivity contribution in [2.24, 2.45) is 5.92 Å². The van der Waals surface area contributed by atoms with Gasteiger partial charge in [-0.05, 0) is 56.6 Å². The van der Waals surface area contributed by atoms with Gasteiger partial charge in [0.2, 0.25) is 0 Å². The quantitative estimate of drug-likeness (QED) is 0.567. The molecule has 26 heavy (non-hydrogen) atoms. The van der Waals surface area contributed by atoms with Crippen molar-refractivity contribution in [1.82, 2.24) is 4.90 Å². The fraction of sp³-hybridized carbons (Fsp3) is 0.500. The van der Waals surface area contributed by atoms with Crippen molar-refractivity contribution >= 4 is 17.8 Å². The van der Waals surface area contributed by atoms with Crippen molar-refractivity contribution in [3.63, 3.8) is 0 Å². The van der Waals surface area contributed by atoms with Crippen LogP contribution < -0.4 is 4.74 Å². The average Bonchev–Trinajstić information content (AvgIpc) is 2.66. The Morgan fingerprint density at radius 1 is 1.31 bits per heavy atom. The van der Waals surface area contributed by atoms with E-state index in [1.165, 1.54) is 13.2 Å². The van der Waals surface area contributed by atoms with Crippen LogP contribution in [0.5, 0.6) is 11.5 Å². The molecular formula is C20H27NO5. The molecule has 1 heterocycles. The maximum absolute atomic E-state index is 12.1. The number of carbonyl (C=O) groups is 2. The van der Waals surface area contributed by atoms with Gasteiger partial charge in [-0.3, -0.25) is 9.59 Å². The summed E-state index contributed by atoms with van der Waals surface area (Å²) in [6, 6.07) is 4.94. The van der Waals surface area contributed by atoms with Gasteiger partial charge in [0.15, 0.2) is 17.3 Å². The largest absolute Gasteiger partial charge is 0.504 e. The minimum absolute atomic E-state index is 0.00808. The molecule has 0 saturated carbocycles. The molecule has 0 amide bonds. The van der Waals surface area contributed by atoms with Crippen LogP contribution in [0, 0.1) is 5.92 Å². The molecule has 142 valence electrons. The standard InChI is InChI=1S/C20H27NO5/c1-3-26-20(24)16-8-11-21(12-9-16)13-10-17(22)6-4-15-5-7-18(23)19(14-15)25-2/h4-7,14,16,23H,3,8-13H2,1-2H3/b6-4+. The lowest BCUT2D eigenvalue weighted by Crippen LogP contribution is -2.37. The van der Waals surface area contributed by atoms with E-state index in [9.17, 15) is 14.7 Å². The first kappa shape index (κ1) is 20.0. The van der Waals surface area contributed by atoms with Gasteiger partial charge < -0.3 is 19.5 Å². The van der Waals surface area contributed by atoms with E-state index in [1.807, 2.05) is 6.92 Å². The van der Waals surface area contributed by atoms with Crippen molar-refractivity contribution < 1.29 is 24.2 Å². The molecule has 0 aromatic heterocycles. The topological polar surface area (TPSA) is 76.1 Å². The molecule has 6 nitrogen and oxygen atoms in total. The predicted octanol–water partition coefficient (Wildman–Crippen LogP) is 2.65. The molecule has 0 radical (unpaired) electrons. The van der Waals surface area contributed by atoms with Crippen LogP contribution in [0.15, 0.2) is 24.3 Å². The highest BCUT2D eigenvalue weighted by Gasteiger charge is 2.25. The Hall–Kier alpha value is -2.34. The van der Waals surface area contributed by atoms with Crippen molar-refractivity contribution in [2.75, 3.05) is 33.4 Å². The number of methoxy groups -OCH3 is 1. The van der Waals surface area contributed by atoms with Crippen molar-refractivity contribution in [1.29, 1.82) is 0 Å². The number of hydrogen-bond donors (Lipinski definition) is 1. The normalized spacial score (nSPS) is 15.9. The van der Waals surface area contributed by atoms with Gasteiger partial charge in [-0.15, -0.1) is 0 Å². The highest BCUT2D eigenvalue weighted by molar-refractivity contribution is 5.93. The second kappa shape index (κ2) is 9.97. The van der Waals surface area contributed by atoms with E-state index in [2.05, 4.69) is 4.90 Å². The summed E-state index contributed by atoms with van der Waals surface area (Å²) in [5.74, 6) is 0.387. The van der Waals surface area contributed by atoms with Gasteiger partial charge in [0, 0.05) is 13.0 Å². The highest BCUT2D eigenvalue weighted by Crippen LogP contribution is 2.26. The lowest BCUT2D eigenvalue weighted by atomic mass is 9.97. The number of piperidine rings is 1. The first-order chi connectivity index (χ1) is 12.5. The van der Waals surface area contributed by atoms with Crippen LogP contribution in [0.25, 0.3) is 6.08 Å². The zero-order chi connectivity index (χ0) is 18.9. The number of nitrogens with zero attached hydrogens (tertiary/aromatic N) is 1. The fourth-order valence-electron chi connectivity index (χ4n) is 2.99. The minimum Gasteiger partial charge on any atom is -0.504 e. The number of phenols is 1. The van der Waals surface area contributed by atoms with E-state index in [-0.39, 0.29) is 23.4 Å². The summed E-state index contributed by atoms with van der Waals surface area (Å²) in [5.41, 5.74) is 0.795. The van der Waals surface area contributed by atoms with Crippen molar-refractivity contribution in [3.8, 4) is 11.5 Å². The Labute approximate surface area is 154 Å². The Morgan fingerprint density at radius 2 is 2.04 bits per heavy atom. The van der Waals surface area contributed by atoms with E-state index in [0.717, 1.165) is 31.5 Å². The monoisotopic (exact) mass is 361 g/mol. The number of esters is 1. The summed E-state index contributed by atoms with van der Waals surface area (Å²) in [7, 11) is 1.48. The van der Waals surface area contributed by atoms with Crippen molar-refractivity contribution in [3.05, 3.63) is 29.8 Å². The van der Waals surface area contributed by atoms with Gasteiger partial charge in [-0.1, -0.05) is 12.1 Å². The molecule has 0 atom stereocenters. The number of benzene rings is 1. The molecule has 0 aliphatic carbocycles. The summed E-state index contributed by atoms with van der Waals surface area (Å²) in [6.45, 7) is 4.57. The number of likely N-dealkylation sites (tertiary alicyclic amines) is 1. The third-order valence-electron chi connectivity index (χ3n) is 4.55. The molecule has 1 fully saturated rings. The van der Waals surface area contributed by atoms with Gasteiger partial charge in [-0.25, -0.2) is 0 Å². The maximum Gasteiger partial charge on any atom is 0.309 e. The molecule has 2 rings (SSSR count). The smallest absolute Gasteiger partial charge is 0.309 e. The predicted molar refractivity (Wildman–Crippen MR) is 99.1 cm³/mol. The van der Waals surface area contributed by atoms with Gasteiger partial charge >= 0.3 is 5.97 Å². The van der Waals surface area contributed by atoms with Gasteiger partial charge in [0.1, 0.15) is 0 Å². The molecule has 1 aliphatic rings. The zero-order valence-corrected chi connectivity index (χ0v) is 15.4. The Balaban J connectivity index is 1.75. The third kappa shape index (κ3) is 5.88. The van der Waals surface area contributed by atoms with Gasteiger partial charge in [0.05, 0.1) is 19.6 Å². The first-order valence-electron chi connectivity index (χ1n) is 9.00. The molecule has 1 aliphatic heterocycles. The third-order valence-corrected chi connectivity index (χ3v) is 4.55. The number of hydrogen-bond acceptors (Lipinski definition) is 6. The number of carbonyl (C=O) groups excluding carboxylic acids is 2. The van der Waals surface area contributed by atoms with E-state index in [4.69, 9.17) is 9.47 Å². The number of ether oxygens (including phenoxy) is 2. The van der Waals surface area contributed by atoms with Crippen LogP contribution in [0.4, 0.5) is 0 Å². The molecule has 1 N–H and O–H groups in total. The number of phenolic OH excluding ortho intramolecular Hbond substituents is 1. The van der Waals surface area contributed by atoms with Crippen LogP contribution in [0.3, 0.4) is 0 Å². The number of aromatic hydroxyl groups is 1. The molecule has 6 heteroatoms. The summed E-state index contributed by atoms with van der Waals surface area (Å²) < 4.78 is 10.1. The zero-order valence-electron chi connectivity index (χ0n) is 15.4. The minimum atomic E-state index is -0.101. The Bertz CT molecular complexity index is 648. The lowest BCUT2D eigenvalue weighted by Gasteiger charge is -2.30. The van der Waals surface area contributed by atoms with Crippen LogP contribution in [0.2, 0.25) is 0 Å². The molecule has 0 unspecified atom stereocenters. The molecule has 0 spiro atoms. The number of rotatable bonds is 8. The first-order valence-corrected chi connectivity index (χ1v) is 9.00. The van der Waals surface area contributed by atoms with E-state index in [0.29, 0.717) is 25.3 Å². The van der Waals surface area contributed by atoms with E-state index >= 15 is 0 Å².